The molecule has 194 valence electrons. The van der Waals surface area contributed by atoms with E-state index in [9.17, 15) is 9.59 Å². The zero-order valence-corrected chi connectivity index (χ0v) is 21.4. The second kappa shape index (κ2) is 11.8. The second-order valence-electron chi connectivity index (χ2n) is 9.38. The minimum Gasteiger partial charge on any atom is -0.490 e. The van der Waals surface area contributed by atoms with E-state index < -0.39 is 11.9 Å². The molecule has 38 heavy (non-hydrogen) atoms. The summed E-state index contributed by atoms with van der Waals surface area (Å²) < 4.78 is 17.6. The summed E-state index contributed by atoms with van der Waals surface area (Å²) in [5, 5.41) is 3.34. The Bertz CT molecular complexity index is 1360. The predicted octanol–water partition coefficient (Wildman–Crippen LogP) is 5.86. The van der Waals surface area contributed by atoms with Gasteiger partial charge in [-0.25, -0.2) is 4.79 Å². The van der Waals surface area contributed by atoms with Crippen molar-refractivity contribution in [2.24, 2.45) is 0 Å². The molecule has 0 bridgehead atoms. The molecule has 3 aromatic rings. The topological polar surface area (TPSA) is 73.9 Å². The van der Waals surface area contributed by atoms with Crippen molar-refractivity contribution in [2.45, 2.75) is 38.7 Å². The minimum absolute atomic E-state index is 0.0480. The van der Waals surface area contributed by atoms with Gasteiger partial charge in [-0.15, -0.1) is 0 Å². The molecule has 0 amide bonds. The highest BCUT2D eigenvalue weighted by Gasteiger charge is 2.40. The Labute approximate surface area is 222 Å². The summed E-state index contributed by atoms with van der Waals surface area (Å²) in [6.07, 6.45) is 2.00. The van der Waals surface area contributed by atoms with E-state index in [4.69, 9.17) is 14.2 Å². The number of para-hydroxylation sites is 2. The molecule has 0 fully saturated rings. The first kappa shape index (κ1) is 25.3. The molecule has 1 aliphatic heterocycles. The van der Waals surface area contributed by atoms with Crippen molar-refractivity contribution in [1.82, 2.24) is 5.32 Å². The third-order valence-electron chi connectivity index (χ3n) is 6.79. The van der Waals surface area contributed by atoms with Crippen LogP contribution in [0.15, 0.2) is 107 Å². The zero-order chi connectivity index (χ0) is 26.3. The molecular formula is C32H31NO5. The number of dihydropyridines is 1. The SMILES string of the molecule is CC1=C(C(=O)OCCOc2ccccc2)[C@@H](c2ccccc2OCc2ccccc2)C2=C(CCCC2=O)N1. The number of nitrogens with one attached hydrogen (secondary N) is 1. The van der Waals surface area contributed by atoms with Gasteiger partial charge in [0.15, 0.2) is 5.78 Å². The fourth-order valence-corrected chi connectivity index (χ4v) is 5.04. The van der Waals surface area contributed by atoms with Gasteiger partial charge in [0.1, 0.15) is 31.3 Å². The predicted molar refractivity (Wildman–Crippen MR) is 145 cm³/mol. The molecule has 0 saturated heterocycles. The van der Waals surface area contributed by atoms with Gasteiger partial charge in [0, 0.05) is 29.0 Å². The lowest BCUT2D eigenvalue weighted by molar-refractivity contribution is -0.140. The van der Waals surface area contributed by atoms with E-state index in [1.165, 1.54) is 0 Å². The Hall–Kier alpha value is -4.32. The summed E-state index contributed by atoms with van der Waals surface area (Å²) >= 11 is 0. The van der Waals surface area contributed by atoms with Gasteiger partial charge in [0.2, 0.25) is 0 Å². The Morgan fingerprint density at radius 1 is 0.868 bits per heavy atom. The number of Topliss-reactive ketones (excluding diaryl/α,β-unsaturated/α-hetero) is 1. The molecule has 0 spiro atoms. The third kappa shape index (κ3) is 5.65. The number of benzene rings is 3. The van der Waals surface area contributed by atoms with Gasteiger partial charge < -0.3 is 19.5 Å². The van der Waals surface area contributed by atoms with Crippen LogP contribution in [-0.2, 0) is 20.9 Å². The van der Waals surface area contributed by atoms with Gasteiger partial charge in [-0.1, -0.05) is 66.7 Å². The molecule has 1 heterocycles. The fraction of sp³-hybridized carbons (Fsp3) is 0.250. The van der Waals surface area contributed by atoms with Gasteiger partial charge in [-0.2, -0.15) is 0 Å². The quantitative estimate of drug-likeness (QED) is 0.288. The number of esters is 1. The molecule has 0 unspecified atom stereocenters. The molecule has 0 saturated carbocycles. The van der Waals surface area contributed by atoms with Crippen LogP contribution in [0.4, 0.5) is 0 Å². The first-order chi connectivity index (χ1) is 18.6. The molecule has 1 N–H and O–H groups in total. The highest BCUT2D eigenvalue weighted by molar-refractivity contribution is 6.04. The fourth-order valence-electron chi connectivity index (χ4n) is 5.04. The zero-order valence-electron chi connectivity index (χ0n) is 21.4. The molecular weight excluding hydrogens is 478 g/mol. The largest absolute Gasteiger partial charge is 0.490 e. The minimum atomic E-state index is -0.575. The first-order valence-corrected chi connectivity index (χ1v) is 13.0. The monoisotopic (exact) mass is 509 g/mol. The lowest BCUT2D eigenvalue weighted by Crippen LogP contribution is -2.34. The summed E-state index contributed by atoms with van der Waals surface area (Å²) in [5.41, 5.74) is 4.44. The number of ketones is 1. The van der Waals surface area contributed by atoms with E-state index in [1.807, 2.05) is 91.9 Å². The Morgan fingerprint density at radius 3 is 2.37 bits per heavy atom. The Kier molecular flexibility index (Phi) is 7.88. The molecule has 0 aromatic heterocycles. The summed E-state index contributed by atoms with van der Waals surface area (Å²) in [5.74, 6) is 0.349. The van der Waals surface area contributed by atoms with Gasteiger partial charge in [-0.3, -0.25) is 4.79 Å². The van der Waals surface area contributed by atoms with E-state index in [-0.39, 0.29) is 19.0 Å². The summed E-state index contributed by atoms with van der Waals surface area (Å²) in [6.45, 7) is 2.55. The van der Waals surface area contributed by atoms with Crippen molar-refractivity contribution in [3.8, 4) is 11.5 Å². The number of carbonyl (C=O) groups excluding carboxylic acids is 2. The van der Waals surface area contributed by atoms with E-state index in [0.717, 1.165) is 29.7 Å². The lowest BCUT2D eigenvalue weighted by atomic mass is 9.75. The lowest BCUT2D eigenvalue weighted by Gasteiger charge is -2.34. The highest BCUT2D eigenvalue weighted by Crippen LogP contribution is 2.45. The van der Waals surface area contributed by atoms with E-state index in [1.54, 1.807) is 0 Å². The van der Waals surface area contributed by atoms with Crippen molar-refractivity contribution >= 4 is 11.8 Å². The van der Waals surface area contributed by atoms with Crippen LogP contribution in [0.2, 0.25) is 0 Å². The summed E-state index contributed by atoms with van der Waals surface area (Å²) in [6, 6.07) is 26.9. The van der Waals surface area contributed by atoms with E-state index >= 15 is 0 Å². The van der Waals surface area contributed by atoms with Crippen LogP contribution < -0.4 is 14.8 Å². The molecule has 2 aliphatic rings. The van der Waals surface area contributed by atoms with Crippen LogP contribution in [0, 0.1) is 0 Å². The van der Waals surface area contributed by atoms with Gasteiger partial charge >= 0.3 is 5.97 Å². The maximum absolute atomic E-state index is 13.5. The third-order valence-corrected chi connectivity index (χ3v) is 6.79. The number of ether oxygens (including phenoxy) is 3. The second-order valence-corrected chi connectivity index (χ2v) is 9.38. The van der Waals surface area contributed by atoms with E-state index in [2.05, 4.69) is 5.32 Å². The van der Waals surface area contributed by atoms with Gasteiger partial charge in [-0.05, 0) is 43.5 Å². The maximum Gasteiger partial charge on any atom is 0.336 e. The Balaban J connectivity index is 1.42. The molecule has 5 rings (SSSR count). The van der Waals surface area contributed by atoms with Crippen LogP contribution in [0.5, 0.6) is 11.5 Å². The van der Waals surface area contributed by atoms with E-state index in [0.29, 0.717) is 41.4 Å². The number of hydrogen-bond donors (Lipinski definition) is 1. The molecule has 1 atom stereocenters. The standard InChI is InChI=1S/C32H31NO5/c1-22-29(32(35)37-20-19-36-24-13-6-3-7-14-24)30(31-26(33-22)16-10-17-27(31)34)25-15-8-9-18-28(25)38-21-23-11-4-2-5-12-23/h2-9,11-15,18,30,33H,10,16-17,19-21H2,1H3/t30-/m1/s1. The number of rotatable bonds is 9. The van der Waals surface area contributed by atoms with Crippen molar-refractivity contribution in [2.75, 3.05) is 13.2 Å². The number of allylic oxidation sites excluding steroid dienone is 3. The van der Waals surface area contributed by atoms with Crippen LogP contribution >= 0.6 is 0 Å². The van der Waals surface area contributed by atoms with Crippen molar-refractivity contribution < 1.29 is 23.8 Å². The molecule has 6 heteroatoms. The smallest absolute Gasteiger partial charge is 0.336 e. The molecule has 0 radical (unpaired) electrons. The number of hydrogen-bond acceptors (Lipinski definition) is 6. The van der Waals surface area contributed by atoms with Crippen LogP contribution in [-0.4, -0.2) is 25.0 Å². The average Bonchev–Trinajstić information content (AvgIpc) is 2.95. The Morgan fingerprint density at radius 2 is 1.58 bits per heavy atom. The molecule has 1 aliphatic carbocycles. The van der Waals surface area contributed by atoms with Crippen LogP contribution in [0.25, 0.3) is 0 Å². The highest BCUT2D eigenvalue weighted by atomic mass is 16.6. The molecule has 6 nitrogen and oxygen atoms in total. The van der Waals surface area contributed by atoms with Crippen molar-refractivity contribution in [3.63, 3.8) is 0 Å². The molecule has 3 aromatic carbocycles. The summed E-state index contributed by atoms with van der Waals surface area (Å²) in [4.78, 5) is 26.8. The van der Waals surface area contributed by atoms with Crippen LogP contribution in [0.3, 0.4) is 0 Å². The van der Waals surface area contributed by atoms with Gasteiger partial charge in [0.05, 0.1) is 11.5 Å². The van der Waals surface area contributed by atoms with Crippen molar-refractivity contribution in [3.05, 3.63) is 119 Å². The summed E-state index contributed by atoms with van der Waals surface area (Å²) in [7, 11) is 0. The first-order valence-electron chi connectivity index (χ1n) is 13.0. The average molecular weight is 510 g/mol. The number of carbonyl (C=O) groups is 2. The maximum atomic E-state index is 13.5. The normalized spacial score (nSPS) is 17.0. The van der Waals surface area contributed by atoms with Crippen molar-refractivity contribution in [1.29, 1.82) is 0 Å². The van der Waals surface area contributed by atoms with Gasteiger partial charge in [0.25, 0.3) is 0 Å². The van der Waals surface area contributed by atoms with Crippen LogP contribution in [0.1, 0.15) is 43.2 Å².